The summed E-state index contributed by atoms with van der Waals surface area (Å²) in [6, 6.07) is 13.1. The van der Waals surface area contributed by atoms with Crippen molar-refractivity contribution in [3.8, 4) is 0 Å². The minimum atomic E-state index is -3.94. The Bertz CT molecular complexity index is 1150. The van der Waals surface area contributed by atoms with Crippen molar-refractivity contribution in [1.29, 1.82) is 0 Å². The predicted molar refractivity (Wildman–Crippen MR) is 125 cm³/mol. The van der Waals surface area contributed by atoms with Crippen molar-refractivity contribution in [2.75, 3.05) is 26.8 Å². The maximum absolute atomic E-state index is 13.1. The summed E-state index contributed by atoms with van der Waals surface area (Å²) in [6.07, 6.45) is 0.519. The van der Waals surface area contributed by atoms with Crippen LogP contribution in [0.2, 0.25) is 0 Å². The van der Waals surface area contributed by atoms with Gasteiger partial charge in [0.15, 0.2) is 12.4 Å². The Kier molecular flexibility index (Phi) is 8.22. The summed E-state index contributed by atoms with van der Waals surface area (Å²) >= 11 is 0. The van der Waals surface area contributed by atoms with Gasteiger partial charge in [0, 0.05) is 18.7 Å². The van der Waals surface area contributed by atoms with Crippen LogP contribution in [0, 0.1) is 5.92 Å². The zero-order valence-electron chi connectivity index (χ0n) is 19.5. The number of Topliss-reactive ketones (excluding diaryl/α,β-unsaturated/α-hetero) is 1. The van der Waals surface area contributed by atoms with Gasteiger partial charge >= 0.3 is 11.9 Å². The second kappa shape index (κ2) is 10.9. The Labute approximate surface area is 199 Å². The molecule has 0 amide bonds. The number of ketones is 1. The van der Waals surface area contributed by atoms with Crippen molar-refractivity contribution in [3.05, 3.63) is 65.2 Å². The molecule has 1 saturated heterocycles. The van der Waals surface area contributed by atoms with E-state index in [2.05, 4.69) is 13.8 Å². The average Bonchev–Trinajstić information content (AvgIpc) is 2.86. The fourth-order valence-corrected chi connectivity index (χ4v) is 5.48. The molecule has 1 heterocycles. The SMILES string of the molecule is COC(=O)c1ccccc1S(=O)(=O)N1CCC(C(=O)OCC(=O)c2ccc(C(C)C)cc2)CC1. The van der Waals surface area contributed by atoms with Crippen molar-refractivity contribution in [2.24, 2.45) is 5.92 Å². The number of hydrogen-bond acceptors (Lipinski definition) is 7. The molecule has 2 aromatic rings. The van der Waals surface area contributed by atoms with Crippen LogP contribution in [0.25, 0.3) is 0 Å². The molecule has 0 aromatic heterocycles. The third-order valence-corrected chi connectivity index (χ3v) is 7.90. The van der Waals surface area contributed by atoms with Gasteiger partial charge in [-0.05, 0) is 36.5 Å². The molecule has 182 valence electrons. The number of rotatable bonds is 8. The Morgan fingerprint density at radius 1 is 1.00 bits per heavy atom. The standard InChI is InChI=1S/C25H29NO7S/c1-17(2)18-8-10-19(11-9-18)22(27)16-33-24(28)20-12-14-26(15-13-20)34(30,31)23-7-5-4-6-21(23)25(29)32-3/h4-11,17,20H,12-16H2,1-3H3. The smallest absolute Gasteiger partial charge is 0.339 e. The number of ether oxygens (including phenoxy) is 2. The Balaban J connectivity index is 1.57. The molecule has 3 rings (SSSR count). The summed E-state index contributed by atoms with van der Waals surface area (Å²) in [5, 5.41) is 0. The van der Waals surface area contributed by atoms with Gasteiger partial charge in [-0.2, -0.15) is 4.31 Å². The minimum absolute atomic E-state index is 0.0357. The molecule has 0 N–H and O–H groups in total. The molecule has 0 unspecified atom stereocenters. The van der Waals surface area contributed by atoms with Crippen LogP contribution >= 0.6 is 0 Å². The van der Waals surface area contributed by atoms with Gasteiger partial charge in [0.25, 0.3) is 0 Å². The van der Waals surface area contributed by atoms with E-state index in [1.807, 2.05) is 12.1 Å². The monoisotopic (exact) mass is 487 g/mol. The van der Waals surface area contributed by atoms with E-state index in [9.17, 15) is 22.8 Å². The molecular formula is C25H29NO7S. The molecule has 0 saturated carbocycles. The number of sulfonamides is 1. The van der Waals surface area contributed by atoms with Crippen LogP contribution in [0.15, 0.2) is 53.4 Å². The number of esters is 2. The maximum atomic E-state index is 13.1. The van der Waals surface area contributed by atoms with Crippen LogP contribution in [0.3, 0.4) is 0 Å². The quantitative estimate of drug-likeness (QED) is 0.415. The highest BCUT2D eigenvalue weighted by Gasteiger charge is 2.35. The van der Waals surface area contributed by atoms with Crippen LogP contribution in [-0.2, 0) is 24.3 Å². The van der Waals surface area contributed by atoms with Gasteiger partial charge in [0.05, 0.1) is 23.5 Å². The van der Waals surface area contributed by atoms with E-state index < -0.39 is 27.9 Å². The van der Waals surface area contributed by atoms with E-state index >= 15 is 0 Å². The normalized spacial score (nSPS) is 15.2. The first-order chi connectivity index (χ1) is 16.1. The first-order valence-electron chi connectivity index (χ1n) is 11.1. The topological polar surface area (TPSA) is 107 Å². The van der Waals surface area contributed by atoms with Gasteiger partial charge in [0.1, 0.15) is 0 Å². The number of methoxy groups -OCH3 is 1. The number of nitrogens with zero attached hydrogens (tertiary/aromatic N) is 1. The van der Waals surface area contributed by atoms with Crippen molar-refractivity contribution >= 4 is 27.7 Å². The van der Waals surface area contributed by atoms with Crippen LogP contribution in [0.5, 0.6) is 0 Å². The minimum Gasteiger partial charge on any atom is -0.465 e. The van der Waals surface area contributed by atoms with E-state index in [4.69, 9.17) is 9.47 Å². The van der Waals surface area contributed by atoms with E-state index in [1.54, 1.807) is 18.2 Å². The molecule has 1 aliphatic rings. The summed E-state index contributed by atoms with van der Waals surface area (Å²) in [5.74, 6) is -1.69. The number of hydrogen-bond donors (Lipinski definition) is 0. The van der Waals surface area contributed by atoms with Crippen molar-refractivity contribution in [2.45, 2.75) is 37.5 Å². The van der Waals surface area contributed by atoms with E-state index in [1.165, 1.54) is 29.6 Å². The van der Waals surface area contributed by atoms with Gasteiger partial charge in [-0.3, -0.25) is 9.59 Å². The molecule has 0 radical (unpaired) electrons. The molecule has 0 aliphatic carbocycles. The van der Waals surface area contributed by atoms with Crippen molar-refractivity contribution in [1.82, 2.24) is 4.31 Å². The zero-order chi connectivity index (χ0) is 24.9. The Morgan fingerprint density at radius 3 is 2.21 bits per heavy atom. The fourth-order valence-electron chi connectivity index (χ4n) is 3.83. The summed E-state index contributed by atoms with van der Waals surface area (Å²) in [6.45, 7) is 3.97. The third kappa shape index (κ3) is 5.71. The molecule has 0 bridgehead atoms. The van der Waals surface area contributed by atoms with E-state index in [-0.39, 0.29) is 48.8 Å². The number of benzene rings is 2. The third-order valence-electron chi connectivity index (χ3n) is 5.94. The summed E-state index contributed by atoms with van der Waals surface area (Å²) in [4.78, 5) is 36.7. The Hall–Kier alpha value is -3.04. The largest absolute Gasteiger partial charge is 0.465 e. The van der Waals surface area contributed by atoms with Gasteiger partial charge in [0.2, 0.25) is 10.0 Å². The summed E-state index contributed by atoms with van der Waals surface area (Å²) < 4.78 is 37.4. The Morgan fingerprint density at radius 2 is 1.62 bits per heavy atom. The molecule has 9 heteroatoms. The van der Waals surface area contributed by atoms with E-state index in [0.29, 0.717) is 11.5 Å². The second-order valence-corrected chi connectivity index (χ2v) is 10.4. The summed E-state index contributed by atoms with van der Waals surface area (Å²) in [5.41, 5.74) is 1.55. The second-order valence-electron chi connectivity index (χ2n) is 8.47. The van der Waals surface area contributed by atoms with Gasteiger partial charge < -0.3 is 9.47 Å². The molecule has 0 atom stereocenters. The van der Waals surface area contributed by atoms with Crippen molar-refractivity contribution < 1.29 is 32.3 Å². The van der Waals surface area contributed by atoms with Crippen LogP contribution in [0.1, 0.15) is 58.9 Å². The molecule has 1 fully saturated rings. The maximum Gasteiger partial charge on any atom is 0.339 e. The highest BCUT2D eigenvalue weighted by atomic mass is 32.2. The molecule has 0 spiro atoms. The lowest BCUT2D eigenvalue weighted by atomic mass is 9.98. The van der Waals surface area contributed by atoms with Crippen molar-refractivity contribution in [3.63, 3.8) is 0 Å². The predicted octanol–water partition coefficient (Wildman–Crippen LogP) is 3.42. The number of carbonyl (C=O) groups is 3. The average molecular weight is 488 g/mol. The first kappa shape index (κ1) is 25.6. The van der Waals surface area contributed by atoms with Gasteiger partial charge in [-0.25, -0.2) is 13.2 Å². The molecule has 1 aliphatic heterocycles. The highest BCUT2D eigenvalue weighted by Crippen LogP contribution is 2.27. The zero-order valence-corrected chi connectivity index (χ0v) is 20.3. The molecule has 34 heavy (non-hydrogen) atoms. The molecule has 2 aromatic carbocycles. The number of carbonyl (C=O) groups excluding carboxylic acids is 3. The fraction of sp³-hybridized carbons (Fsp3) is 0.400. The molecule has 8 nitrogen and oxygen atoms in total. The first-order valence-corrected chi connectivity index (χ1v) is 12.6. The lowest BCUT2D eigenvalue weighted by Gasteiger charge is -2.30. The van der Waals surface area contributed by atoms with Gasteiger partial charge in [-0.15, -0.1) is 0 Å². The van der Waals surface area contributed by atoms with Crippen LogP contribution < -0.4 is 0 Å². The molecular weight excluding hydrogens is 458 g/mol. The van der Waals surface area contributed by atoms with Crippen LogP contribution in [-0.4, -0.2) is 57.3 Å². The van der Waals surface area contributed by atoms with Gasteiger partial charge in [-0.1, -0.05) is 50.2 Å². The lowest BCUT2D eigenvalue weighted by molar-refractivity contribution is -0.148. The summed E-state index contributed by atoms with van der Waals surface area (Å²) in [7, 11) is -2.75. The highest BCUT2D eigenvalue weighted by molar-refractivity contribution is 7.89. The number of piperidine rings is 1. The van der Waals surface area contributed by atoms with E-state index in [0.717, 1.165) is 5.56 Å². The lowest BCUT2D eigenvalue weighted by Crippen LogP contribution is -2.41. The van der Waals surface area contributed by atoms with Crippen LogP contribution in [0.4, 0.5) is 0 Å².